The first-order chi connectivity index (χ1) is 50.8. The molecule has 2 aliphatic carbocycles. The summed E-state index contributed by atoms with van der Waals surface area (Å²) in [7, 11) is -5.39. The van der Waals surface area contributed by atoms with Gasteiger partial charge in [-0.1, -0.05) is 157 Å². The lowest BCUT2D eigenvalue weighted by Crippen LogP contribution is -2.56. The van der Waals surface area contributed by atoms with Gasteiger partial charge in [0.1, 0.15) is 35.0 Å². The molecule has 30 heteroatoms. The fraction of sp³-hybridized carbons (Fsp3) is 0.355. The summed E-state index contributed by atoms with van der Waals surface area (Å²) in [4.78, 5) is 105. The number of nitrogens with one attached hydrogen (secondary N) is 4. The third kappa shape index (κ3) is 24.4. The van der Waals surface area contributed by atoms with Crippen LogP contribution in [-0.2, 0) is 66.5 Å². The van der Waals surface area contributed by atoms with Crippen molar-refractivity contribution in [1.29, 1.82) is 0 Å². The summed E-state index contributed by atoms with van der Waals surface area (Å²) in [6.45, 7) is 0.522. The highest BCUT2D eigenvalue weighted by Gasteiger charge is 2.37. The van der Waals surface area contributed by atoms with Crippen molar-refractivity contribution in [2.24, 2.45) is 11.5 Å². The number of amides is 6. The molecule has 6 amide bonds. The third-order valence-corrected chi connectivity index (χ3v) is 20.8. The van der Waals surface area contributed by atoms with E-state index in [1.165, 1.54) is 69.7 Å². The van der Waals surface area contributed by atoms with Crippen molar-refractivity contribution >= 4 is 83.3 Å². The molecule has 8 aromatic rings. The van der Waals surface area contributed by atoms with Crippen LogP contribution in [0.3, 0.4) is 0 Å². The van der Waals surface area contributed by atoms with E-state index in [1.54, 1.807) is 72.8 Å². The molecular weight excluding hydrogens is 1410 g/mol. The number of carboxylic acid groups (broad SMARTS) is 1. The van der Waals surface area contributed by atoms with E-state index in [9.17, 15) is 60.6 Å². The maximum atomic E-state index is 14.0. The Balaban J connectivity index is 0.000000221. The Kier molecular flexibility index (Phi) is 30.5. The van der Waals surface area contributed by atoms with E-state index in [1.807, 2.05) is 60.7 Å². The first-order valence-electron chi connectivity index (χ1n) is 34.6. The molecule has 2 saturated carbocycles. The van der Waals surface area contributed by atoms with Gasteiger partial charge in [-0.2, -0.15) is 0 Å². The standard InChI is InChI=1S/C37H43N5O8S.C25H34N2O6S.C14H13N3O4/c1-49-27-17-19-29(20-18-27)51(47,48)42(50-28-13-6-3-7-14-28)24-34(43)32(22-25-10-4-2-5-11-25)40-37(46)33(23-35(38)44)41-36(45)31-21-16-26-12-8-9-15-30(26)39-31;1-19(28)26-24(17-20-9-5-3-6-10-20)25(29)18-27(33-22-11-7-4-8-12-22)34(30,31)23-15-13-21(32-2)14-16-23;15-12(18)7-11(14(20)21)17-13(19)10-6-5-8-3-1-2-4-9(8)16-10/h2,4-5,8-12,15-21,28,32-34,43H,3,6-7,13-14,22-24H2,1H3,(H2,38,44)(H,40,46)(H,41,45);3,5-6,9-10,13-16,22,24-25,29H,4,7-8,11-12,17-18H2,1-2H3,(H,26,28);1-6,11H,7H2,(H2,15,18)(H,17,19)(H,20,21). The zero-order chi connectivity index (χ0) is 76.3. The number of primary amides is 2. The van der Waals surface area contributed by atoms with Crippen molar-refractivity contribution in [2.45, 2.75) is 155 Å². The molecule has 11 N–H and O–H groups in total. The smallest absolute Gasteiger partial charge is 0.326 e. The van der Waals surface area contributed by atoms with Crippen LogP contribution in [0.4, 0.5) is 0 Å². The normalized spacial score (nSPS) is 15.2. The van der Waals surface area contributed by atoms with Crippen molar-refractivity contribution < 1.29 is 84.9 Å². The number of rotatable bonds is 32. The number of aromatic nitrogens is 2. The van der Waals surface area contributed by atoms with E-state index in [4.69, 9.17) is 35.7 Å². The minimum Gasteiger partial charge on any atom is -0.497 e. The van der Waals surface area contributed by atoms with Crippen molar-refractivity contribution in [3.8, 4) is 11.5 Å². The number of benzene rings is 6. The Morgan fingerprint density at radius 2 is 0.849 bits per heavy atom. The molecule has 2 fully saturated rings. The van der Waals surface area contributed by atoms with Crippen molar-refractivity contribution in [2.75, 3.05) is 27.3 Å². The number of aliphatic hydroxyl groups is 2. The molecule has 28 nitrogen and oxygen atoms in total. The summed E-state index contributed by atoms with van der Waals surface area (Å²) in [6.07, 6.45) is 4.66. The molecule has 6 unspecified atom stereocenters. The average molecular weight is 1500 g/mol. The van der Waals surface area contributed by atoms with E-state index in [-0.39, 0.29) is 52.3 Å². The number of carbonyl (C=O) groups excluding carboxylic acids is 6. The second-order valence-electron chi connectivity index (χ2n) is 25.5. The topological polar surface area (TPSA) is 418 Å². The van der Waals surface area contributed by atoms with Gasteiger partial charge in [0, 0.05) is 17.7 Å². The average Bonchev–Trinajstić information content (AvgIpc) is 0.808. The number of aliphatic carboxylic acids is 1. The number of para-hydroxylation sites is 2. The molecule has 6 aromatic carbocycles. The van der Waals surface area contributed by atoms with Gasteiger partial charge in [-0.15, -0.1) is 0 Å². The molecule has 2 aromatic heterocycles. The minimum absolute atomic E-state index is 0.0242. The second kappa shape index (κ2) is 39.7. The van der Waals surface area contributed by atoms with Gasteiger partial charge >= 0.3 is 5.97 Å². The number of carboxylic acids is 1. The number of fused-ring (bicyclic) bond motifs is 2. The molecule has 106 heavy (non-hydrogen) atoms. The number of nitrogens with zero attached hydrogens (tertiary/aromatic N) is 4. The highest BCUT2D eigenvalue weighted by molar-refractivity contribution is 7.89. The Hall–Kier alpha value is -10.3. The maximum Gasteiger partial charge on any atom is 0.326 e. The number of ether oxygens (including phenoxy) is 2. The number of hydrogen-bond acceptors (Lipinski definition) is 19. The van der Waals surface area contributed by atoms with E-state index < -0.39 is 111 Å². The summed E-state index contributed by atoms with van der Waals surface area (Å²) in [5.74, 6) is -4.48. The van der Waals surface area contributed by atoms with E-state index >= 15 is 0 Å². The van der Waals surface area contributed by atoms with Crippen LogP contribution in [0.15, 0.2) is 192 Å². The third-order valence-electron chi connectivity index (χ3n) is 17.5. The number of hydrogen-bond donors (Lipinski definition) is 9. The molecule has 2 heterocycles. The van der Waals surface area contributed by atoms with Crippen LogP contribution in [0.5, 0.6) is 11.5 Å². The number of carbonyl (C=O) groups is 7. The number of hydroxylamine groups is 2. The molecule has 10 rings (SSSR count). The lowest BCUT2D eigenvalue weighted by atomic mass is 9.98. The molecular formula is C76H90N10O18S2. The van der Waals surface area contributed by atoms with Crippen LogP contribution < -0.4 is 42.2 Å². The predicted octanol–water partition coefficient (Wildman–Crippen LogP) is 6.61. The maximum absolute atomic E-state index is 14.0. The number of pyridine rings is 2. The largest absolute Gasteiger partial charge is 0.497 e. The summed E-state index contributed by atoms with van der Waals surface area (Å²) in [5, 5.41) is 43.7. The van der Waals surface area contributed by atoms with Crippen LogP contribution in [0.2, 0.25) is 0 Å². The van der Waals surface area contributed by atoms with Crippen LogP contribution in [0, 0.1) is 0 Å². The monoisotopic (exact) mass is 1490 g/mol. The molecule has 0 spiro atoms. The summed E-state index contributed by atoms with van der Waals surface area (Å²) < 4.78 is 67.0. The van der Waals surface area contributed by atoms with Crippen LogP contribution >= 0.6 is 0 Å². The van der Waals surface area contributed by atoms with Crippen LogP contribution in [0.25, 0.3) is 21.8 Å². The molecule has 0 radical (unpaired) electrons. The highest BCUT2D eigenvalue weighted by atomic mass is 32.2. The van der Waals surface area contributed by atoms with Crippen molar-refractivity contribution in [1.82, 2.24) is 40.2 Å². The van der Waals surface area contributed by atoms with Gasteiger partial charge in [-0.3, -0.25) is 38.4 Å². The van der Waals surface area contributed by atoms with Gasteiger partial charge in [-0.05, 0) is 122 Å². The van der Waals surface area contributed by atoms with E-state index in [2.05, 4.69) is 31.2 Å². The van der Waals surface area contributed by atoms with E-state index in [0.717, 1.165) is 82.2 Å². The van der Waals surface area contributed by atoms with Gasteiger partial charge in [0.05, 0.1) is 97.5 Å². The summed E-state index contributed by atoms with van der Waals surface area (Å²) in [5.41, 5.74) is 13.4. The fourth-order valence-electron chi connectivity index (χ4n) is 11.9. The molecule has 0 aliphatic heterocycles. The highest BCUT2D eigenvalue weighted by Crippen LogP contribution is 2.29. The Morgan fingerprint density at radius 3 is 1.23 bits per heavy atom. The predicted molar refractivity (Wildman–Crippen MR) is 393 cm³/mol. The molecule has 6 atom stereocenters. The van der Waals surface area contributed by atoms with Gasteiger partial charge in [0.15, 0.2) is 0 Å². The Labute approximate surface area is 615 Å². The SMILES string of the molecule is COc1ccc(S(=O)(=O)N(CC(O)C(Cc2ccccc2)NC(=O)C(CC(N)=O)NC(=O)c2ccc3ccccc3n2)OC2CCCCC2)cc1.COc1ccc(S(=O)(=O)N(CC(O)C(Cc2ccccc2)NC(C)=O)OC2CCCCC2)cc1.NC(=O)CC(NC(=O)c1ccc2ccccc2n1)C(=O)O. The minimum atomic E-state index is -4.29. The molecule has 564 valence electrons. The number of sulfonamides is 2. The van der Waals surface area contributed by atoms with E-state index in [0.29, 0.717) is 41.8 Å². The van der Waals surface area contributed by atoms with Gasteiger partial charge < -0.3 is 57.5 Å². The summed E-state index contributed by atoms with van der Waals surface area (Å²) >= 11 is 0. The van der Waals surface area contributed by atoms with Gasteiger partial charge in [-0.25, -0.2) is 31.6 Å². The van der Waals surface area contributed by atoms with Crippen molar-refractivity contribution in [3.63, 3.8) is 0 Å². The van der Waals surface area contributed by atoms with Gasteiger partial charge in [0.2, 0.25) is 23.6 Å². The first kappa shape index (κ1) is 81.4. The van der Waals surface area contributed by atoms with Gasteiger partial charge in [0.25, 0.3) is 31.9 Å². The quantitative estimate of drug-likeness (QED) is 0.0200. The number of nitrogens with two attached hydrogens (primary N) is 2. The summed E-state index contributed by atoms with van der Waals surface area (Å²) in [6, 6.07) is 46.5. The lowest BCUT2D eigenvalue weighted by molar-refractivity contribution is -0.157. The zero-order valence-electron chi connectivity index (χ0n) is 59.0. The van der Waals surface area contributed by atoms with Crippen LogP contribution in [-0.4, -0.2) is 168 Å². The molecule has 0 bridgehead atoms. The molecule has 2 aliphatic rings. The number of aliphatic hydroxyl groups excluding tert-OH is 2. The molecule has 0 saturated heterocycles. The van der Waals surface area contributed by atoms with Crippen LogP contribution in [0.1, 0.15) is 116 Å². The lowest BCUT2D eigenvalue weighted by Gasteiger charge is -2.33. The van der Waals surface area contributed by atoms with Crippen molar-refractivity contribution in [3.05, 3.63) is 205 Å². The Bertz CT molecular complexity index is 4480. The zero-order valence-corrected chi connectivity index (χ0v) is 60.6. The second-order valence-corrected chi connectivity index (χ2v) is 29.2. The fourth-order valence-corrected chi connectivity index (χ4v) is 14.5. The Morgan fingerprint density at radius 1 is 0.481 bits per heavy atom. The first-order valence-corrected chi connectivity index (χ1v) is 37.5. The number of methoxy groups -OCH3 is 2.